The molecule has 0 aliphatic rings. The van der Waals surface area contributed by atoms with Crippen molar-refractivity contribution in [2.45, 2.75) is 0 Å². The third-order valence-electron chi connectivity index (χ3n) is 3.68. The van der Waals surface area contributed by atoms with E-state index in [1.54, 1.807) is 12.1 Å². The molecule has 0 radical (unpaired) electrons. The largest absolute Gasteiger partial charge is 0.465 e. The van der Waals surface area contributed by atoms with Crippen LogP contribution < -0.4 is 0 Å². The van der Waals surface area contributed by atoms with Crippen LogP contribution in [0.3, 0.4) is 0 Å². The summed E-state index contributed by atoms with van der Waals surface area (Å²) in [4.78, 5) is 24.1. The van der Waals surface area contributed by atoms with Crippen LogP contribution in [0.4, 0.5) is 0 Å². The maximum absolute atomic E-state index is 12.2. The Morgan fingerprint density at radius 3 is 2.05 bits per heavy atom. The zero-order valence-corrected chi connectivity index (χ0v) is 12.3. The monoisotopic (exact) mass is 294 g/mol. The van der Waals surface area contributed by atoms with E-state index in [0.29, 0.717) is 5.39 Å². The first-order valence-electron chi connectivity index (χ1n) is 6.78. The molecule has 0 saturated heterocycles. The minimum Gasteiger partial charge on any atom is -0.465 e. The Morgan fingerprint density at radius 1 is 0.773 bits per heavy atom. The lowest BCUT2D eigenvalue weighted by Gasteiger charge is -2.11. The van der Waals surface area contributed by atoms with Crippen LogP contribution in [-0.2, 0) is 9.47 Å². The molecule has 0 atom stereocenters. The fraction of sp³-hybridized carbons (Fsp3) is 0.111. The Bertz CT molecular complexity index is 896. The molecule has 110 valence electrons. The lowest BCUT2D eigenvalue weighted by molar-refractivity contribution is 0.0557. The molecule has 0 heterocycles. The molecule has 0 aliphatic carbocycles. The second-order valence-electron chi connectivity index (χ2n) is 4.89. The molecule has 3 aromatic carbocycles. The quantitative estimate of drug-likeness (QED) is 0.535. The SMILES string of the molecule is COC(=O)c1ccc2cc3ccccc3cc2c1C(=O)OC. The predicted molar refractivity (Wildman–Crippen MR) is 84.1 cm³/mol. The first-order valence-corrected chi connectivity index (χ1v) is 6.78. The van der Waals surface area contributed by atoms with Crippen LogP contribution in [0.15, 0.2) is 48.5 Å². The van der Waals surface area contributed by atoms with E-state index in [0.717, 1.165) is 16.2 Å². The van der Waals surface area contributed by atoms with Gasteiger partial charge >= 0.3 is 11.9 Å². The van der Waals surface area contributed by atoms with E-state index < -0.39 is 11.9 Å². The number of hydrogen-bond donors (Lipinski definition) is 0. The lowest BCUT2D eigenvalue weighted by Crippen LogP contribution is -2.12. The Morgan fingerprint density at radius 2 is 1.41 bits per heavy atom. The molecule has 0 unspecified atom stereocenters. The zero-order chi connectivity index (χ0) is 15.7. The van der Waals surface area contributed by atoms with Gasteiger partial charge in [0.2, 0.25) is 0 Å². The highest BCUT2D eigenvalue weighted by atomic mass is 16.5. The maximum atomic E-state index is 12.2. The predicted octanol–water partition coefficient (Wildman–Crippen LogP) is 3.57. The molecular weight excluding hydrogens is 280 g/mol. The van der Waals surface area contributed by atoms with Crippen molar-refractivity contribution in [3.63, 3.8) is 0 Å². The summed E-state index contributed by atoms with van der Waals surface area (Å²) in [5.74, 6) is -1.11. The fourth-order valence-corrected chi connectivity index (χ4v) is 2.62. The van der Waals surface area contributed by atoms with Gasteiger partial charge in [0, 0.05) is 0 Å². The number of benzene rings is 3. The number of ether oxygens (including phenoxy) is 2. The minimum atomic E-state index is -0.560. The van der Waals surface area contributed by atoms with Crippen LogP contribution in [0.25, 0.3) is 21.5 Å². The maximum Gasteiger partial charge on any atom is 0.339 e. The molecule has 4 nitrogen and oxygen atoms in total. The smallest absolute Gasteiger partial charge is 0.339 e. The molecule has 0 bridgehead atoms. The van der Waals surface area contributed by atoms with Gasteiger partial charge in [-0.05, 0) is 39.7 Å². The van der Waals surface area contributed by atoms with Gasteiger partial charge in [0.05, 0.1) is 25.3 Å². The van der Waals surface area contributed by atoms with Gasteiger partial charge in [-0.2, -0.15) is 0 Å². The normalized spacial score (nSPS) is 10.6. The minimum absolute atomic E-state index is 0.206. The van der Waals surface area contributed by atoms with Gasteiger partial charge in [0.25, 0.3) is 0 Å². The summed E-state index contributed by atoms with van der Waals surface area (Å²) in [7, 11) is 2.58. The van der Waals surface area contributed by atoms with Gasteiger partial charge in [-0.15, -0.1) is 0 Å². The zero-order valence-electron chi connectivity index (χ0n) is 12.3. The number of fused-ring (bicyclic) bond motifs is 2. The van der Waals surface area contributed by atoms with Crippen molar-refractivity contribution >= 4 is 33.5 Å². The Labute approximate surface area is 127 Å². The van der Waals surface area contributed by atoms with E-state index >= 15 is 0 Å². The lowest BCUT2D eigenvalue weighted by atomic mass is 9.96. The first kappa shape index (κ1) is 14.1. The van der Waals surface area contributed by atoms with Crippen molar-refractivity contribution in [1.82, 2.24) is 0 Å². The molecule has 4 heteroatoms. The number of esters is 2. The van der Waals surface area contributed by atoms with Crippen LogP contribution in [-0.4, -0.2) is 26.2 Å². The van der Waals surface area contributed by atoms with Crippen molar-refractivity contribution in [2.24, 2.45) is 0 Å². The molecule has 0 N–H and O–H groups in total. The summed E-state index contributed by atoms with van der Waals surface area (Å²) in [6, 6.07) is 15.1. The van der Waals surface area contributed by atoms with E-state index in [4.69, 9.17) is 9.47 Å². The number of carbonyl (C=O) groups excluding carboxylic acids is 2. The molecule has 0 spiro atoms. The van der Waals surface area contributed by atoms with E-state index in [-0.39, 0.29) is 11.1 Å². The summed E-state index contributed by atoms with van der Waals surface area (Å²) in [6.07, 6.45) is 0. The van der Waals surface area contributed by atoms with E-state index in [1.807, 2.05) is 36.4 Å². The number of carbonyl (C=O) groups is 2. The van der Waals surface area contributed by atoms with Crippen LogP contribution in [0.2, 0.25) is 0 Å². The van der Waals surface area contributed by atoms with Gasteiger partial charge in [0.1, 0.15) is 0 Å². The van der Waals surface area contributed by atoms with Crippen LogP contribution in [0, 0.1) is 0 Å². The topological polar surface area (TPSA) is 52.6 Å². The van der Waals surface area contributed by atoms with Crippen molar-refractivity contribution in [3.05, 3.63) is 59.7 Å². The standard InChI is InChI=1S/C18H14O4/c1-21-17(19)14-8-7-13-9-11-5-3-4-6-12(11)10-15(13)16(14)18(20)22-2/h3-10H,1-2H3. The number of rotatable bonds is 2. The highest BCUT2D eigenvalue weighted by molar-refractivity contribution is 6.15. The Kier molecular flexibility index (Phi) is 3.51. The van der Waals surface area contributed by atoms with E-state index in [1.165, 1.54) is 14.2 Å². The third-order valence-corrected chi connectivity index (χ3v) is 3.68. The van der Waals surface area contributed by atoms with E-state index in [9.17, 15) is 9.59 Å². The van der Waals surface area contributed by atoms with Gasteiger partial charge < -0.3 is 9.47 Å². The fourth-order valence-electron chi connectivity index (χ4n) is 2.62. The van der Waals surface area contributed by atoms with E-state index in [2.05, 4.69) is 0 Å². The summed E-state index contributed by atoms with van der Waals surface area (Å²) in [5, 5.41) is 3.60. The van der Waals surface area contributed by atoms with Gasteiger partial charge in [-0.1, -0.05) is 30.3 Å². The van der Waals surface area contributed by atoms with Gasteiger partial charge in [0.15, 0.2) is 0 Å². The summed E-state index contributed by atoms with van der Waals surface area (Å²) in [6.45, 7) is 0. The highest BCUT2D eigenvalue weighted by Crippen LogP contribution is 2.28. The molecule has 22 heavy (non-hydrogen) atoms. The number of hydrogen-bond acceptors (Lipinski definition) is 4. The van der Waals surface area contributed by atoms with Crippen LogP contribution in [0.5, 0.6) is 0 Å². The molecule has 0 amide bonds. The number of methoxy groups -OCH3 is 2. The second-order valence-corrected chi connectivity index (χ2v) is 4.89. The summed E-state index contributed by atoms with van der Waals surface area (Å²) < 4.78 is 9.61. The summed E-state index contributed by atoms with van der Waals surface area (Å²) >= 11 is 0. The van der Waals surface area contributed by atoms with Crippen LogP contribution >= 0.6 is 0 Å². The molecule has 0 fully saturated rings. The molecule has 3 rings (SSSR count). The van der Waals surface area contributed by atoms with Crippen molar-refractivity contribution < 1.29 is 19.1 Å². The average Bonchev–Trinajstić information content (AvgIpc) is 2.57. The van der Waals surface area contributed by atoms with Gasteiger partial charge in [-0.25, -0.2) is 9.59 Å². The van der Waals surface area contributed by atoms with Gasteiger partial charge in [-0.3, -0.25) is 0 Å². The Balaban J connectivity index is 2.41. The van der Waals surface area contributed by atoms with Crippen LogP contribution in [0.1, 0.15) is 20.7 Å². The first-order chi connectivity index (χ1) is 10.7. The molecule has 0 aromatic heterocycles. The van der Waals surface area contributed by atoms with Crippen molar-refractivity contribution in [1.29, 1.82) is 0 Å². The molecule has 3 aromatic rings. The molecular formula is C18H14O4. The third kappa shape index (κ3) is 2.19. The second kappa shape index (κ2) is 5.48. The highest BCUT2D eigenvalue weighted by Gasteiger charge is 2.21. The van der Waals surface area contributed by atoms with Crippen molar-refractivity contribution in [2.75, 3.05) is 14.2 Å². The molecule has 0 saturated carbocycles. The average molecular weight is 294 g/mol. The molecule has 0 aliphatic heterocycles. The Hall–Kier alpha value is -2.88. The van der Waals surface area contributed by atoms with Crippen molar-refractivity contribution in [3.8, 4) is 0 Å². The summed E-state index contributed by atoms with van der Waals surface area (Å²) in [5.41, 5.74) is 0.440.